The third kappa shape index (κ3) is 3.08. The van der Waals surface area contributed by atoms with Gasteiger partial charge in [0.05, 0.1) is 0 Å². The Hall–Kier alpha value is -0.340. The summed E-state index contributed by atoms with van der Waals surface area (Å²) < 4.78 is 0. The lowest BCUT2D eigenvalue weighted by Crippen LogP contribution is -2.44. The fourth-order valence-corrected chi connectivity index (χ4v) is 3.41. The van der Waals surface area contributed by atoms with Crippen molar-refractivity contribution in [2.45, 2.75) is 52.0 Å². The van der Waals surface area contributed by atoms with Crippen molar-refractivity contribution < 1.29 is 0 Å². The molecule has 1 aliphatic carbocycles. The van der Waals surface area contributed by atoms with Crippen LogP contribution in [0.15, 0.2) is 17.5 Å². The molecule has 0 radical (unpaired) electrons. The molecule has 1 fully saturated rings. The van der Waals surface area contributed by atoms with Gasteiger partial charge in [0.1, 0.15) is 0 Å². The van der Waals surface area contributed by atoms with Crippen molar-refractivity contribution in [3.8, 4) is 0 Å². The van der Waals surface area contributed by atoms with Crippen LogP contribution in [0.25, 0.3) is 0 Å². The minimum absolute atomic E-state index is 0.494. The highest BCUT2D eigenvalue weighted by atomic mass is 32.1. The Labute approximate surface area is 103 Å². The van der Waals surface area contributed by atoms with E-state index < -0.39 is 0 Å². The molecule has 1 saturated carbocycles. The first-order valence-electron chi connectivity index (χ1n) is 6.44. The zero-order valence-corrected chi connectivity index (χ0v) is 11.3. The van der Waals surface area contributed by atoms with Crippen LogP contribution in [0.5, 0.6) is 0 Å². The molecule has 1 aromatic rings. The Morgan fingerprint density at radius 3 is 3.00 bits per heavy atom. The van der Waals surface area contributed by atoms with E-state index in [2.05, 4.69) is 36.7 Å². The van der Waals surface area contributed by atoms with E-state index in [4.69, 9.17) is 0 Å². The molecule has 1 unspecified atom stereocenters. The standard InChI is InChI=1S/C14H23NS/c1-14(2)9-4-3-7-13(14)15-10-8-12-6-5-11-16-12/h5-6,11,13,15H,3-4,7-10H2,1-2H3. The molecule has 0 spiro atoms. The molecule has 0 aliphatic heterocycles. The summed E-state index contributed by atoms with van der Waals surface area (Å²) in [4.78, 5) is 1.50. The van der Waals surface area contributed by atoms with Gasteiger partial charge in [-0.1, -0.05) is 32.8 Å². The van der Waals surface area contributed by atoms with Gasteiger partial charge in [0.2, 0.25) is 0 Å². The largest absolute Gasteiger partial charge is 0.313 e. The van der Waals surface area contributed by atoms with Crippen molar-refractivity contribution in [1.29, 1.82) is 0 Å². The number of nitrogens with one attached hydrogen (secondary N) is 1. The third-order valence-corrected chi connectivity index (χ3v) is 4.79. The summed E-state index contributed by atoms with van der Waals surface area (Å²) in [5.74, 6) is 0. The van der Waals surface area contributed by atoms with Crippen LogP contribution in [0, 0.1) is 5.41 Å². The Bertz CT molecular complexity index is 303. The maximum atomic E-state index is 3.76. The molecule has 2 heteroatoms. The van der Waals surface area contributed by atoms with Crippen molar-refractivity contribution in [2.24, 2.45) is 5.41 Å². The molecule has 1 aliphatic rings. The molecule has 0 aromatic carbocycles. The van der Waals surface area contributed by atoms with Crippen LogP contribution in [0.2, 0.25) is 0 Å². The number of hydrogen-bond donors (Lipinski definition) is 1. The number of thiophene rings is 1. The fraction of sp³-hybridized carbons (Fsp3) is 0.714. The van der Waals surface area contributed by atoms with Gasteiger partial charge in [-0.05, 0) is 36.1 Å². The van der Waals surface area contributed by atoms with Crippen LogP contribution < -0.4 is 5.32 Å². The average molecular weight is 237 g/mol. The van der Waals surface area contributed by atoms with Crippen molar-refractivity contribution in [2.75, 3.05) is 6.54 Å². The molecule has 2 rings (SSSR count). The van der Waals surface area contributed by atoms with Gasteiger partial charge in [-0.15, -0.1) is 11.3 Å². The molecule has 1 atom stereocenters. The molecule has 1 aromatic heterocycles. The molecule has 1 nitrogen and oxygen atoms in total. The Morgan fingerprint density at radius 1 is 1.44 bits per heavy atom. The molecular weight excluding hydrogens is 214 g/mol. The summed E-state index contributed by atoms with van der Waals surface area (Å²) >= 11 is 1.87. The first-order chi connectivity index (χ1) is 7.68. The summed E-state index contributed by atoms with van der Waals surface area (Å²) in [5.41, 5.74) is 0.494. The Kier molecular flexibility index (Phi) is 4.04. The lowest BCUT2D eigenvalue weighted by molar-refractivity contribution is 0.169. The van der Waals surface area contributed by atoms with Crippen LogP contribution in [0.1, 0.15) is 44.4 Å². The second kappa shape index (κ2) is 5.33. The van der Waals surface area contributed by atoms with E-state index >= 15 is 0 Å². The Morgan fingerprint density at radius 2 is 2.31 bits per heavy atom. The van der Waals surface area contributed by atoms with Crippen LogP contribution in [-0.2, 0) is 6.42 Å². The van der Waals surface area contributed by atoms with E-state index in [9.17, 15) is 0 Å². The van der Waals surface area contributed by atoms with Gasteiger partial charge >= 0.3 is 0 Å². The predicted molar refractivity (Wildman–Crippen MR) is 72.1 cm³/mol. The van der Waals surface area contributed by atoms with Crippen LogP contribution in [-0.4, -0.2) is 12.6 Å². The summed E-state index contributed by atoms with van der Waals surface area (Å²) in [6.45, 7) is 5.96. The maximum Gasteiger partial charge on any atom is 0.0118 e. The predicted octanol–water partition coefficient (Wildman–Crippen LogP) is 3.85. The summed E-state index contributed by atoms with van der Waals surface area (Å²) in [7, 11) is 0. The second-order valence-corrected chi connectivity index (χ2v) is 6.60. The van der Waals surface area contributed by atoms with Crippen LogP contribution in [0.4, 0.5) is 0 Å². The van der Waals surface area contributed by atoms with Crippen molar-refractivity contribution in [3.63, 3.8) is 0 Å². The van der Waals surface area contributed by atoms with Gasteiger partial charge in [0.15, 0.2) is 0 Å². The van der Waals surface area contributed by atoms with Gasteiger partial charge in [0, 0.05) is 17.5 Å². The van der Waals surface area contributed by atoms with Crippen molar-refractivity contribution in [1.82, 2.24) is 5.32 Å². The monoisotopic (exact) mass is 237 g/mol. The minimum Gasteiger partial charge on any atom is -0.313 e. The molecule has 16 heavy (non-hydrogen) atoms. The second-order valence-electron chi connectivity index (χ2n) is 5.57. The highest BCUT2D eigenvalue weighted by molar-refractivity contribution is 7.09. The van der Waals surface area contributed by atoms with E-state index in [1.54, 1.807) is 0 Å². The average Bonchev–Trinajstić information content (AvgIpc) is 2.73. The molecule has 0 amide bonds. The highest BCUT2D eigenvalue weighted by Crippen LogP contribution is 2.35. The quantitative estimate of drug-likeness (QED) is 0.839. The zero-order valence-electron chi connectivity index (χ0n) is 10.5. The van der Waals surface area contributed by atoms with Crippen LogP contribution >= 0.6 is 11.3 Å². The lowest BCUT2D eigenvalue weighted by Gasteiger charge is -2.39. The molecule has 90 valence electrons. The minimum atomic E-state index is 0.494. The van der Waals surface area contributed by atoms with Crippen molar-refractivity contribution in [3.05, 3.63) is 22.4 Å². The molecule has 1 heterocycles. The van der Waals surface area contributed by atoms with Gasteiger partial charge in [-0.25, -0.2) is 0 Å². The zero-order chi connectivity index (χ0) is 11.4. The van der Waals surface area contributed by atoms with E-state index in [1.807, 2.05) is 11.3 Å². The normalized spacial score (nSPS) is 24.5. The number of hydrogen-bond acceptors (Lipinski definition) is 2. The topological polar surface area (TPSA) is 12.0 Å². The van der Waals surface area contributed by atoms with E-state index in [0.29, 0.717) is 5.41 Å². The van der Waals surface area contributed by atoms with Gasteiger partial charge in [-0.2, -0.15) is 0 Å². The van der Waals surface area contributed by atoms with E-state index in [-0.39, 0.29) is 0 Å². The maximum absolute atomic E-state index is 3.76. The molecule has 1 N–H and O–H groups in total. The van der Waals surface area contributed by atoms with Gasteiger partial charge in [-0.3, -0.25) is 0 Å². The Balaban J connectivity index is 1.76. The molecule has 0 bridgehead atoms. The van der Waals surface area contributed by atoms with Crippen molar-refractivity contribution >= 4 is 11.3 Å². The first kappa shape index (κ1) is 12.1. The summed E-state index contributed by atoms with van der Waals surface area (Å²) in [6.07, 6.45) is 6.74. The summed E-state index contributed by atoms with van der Waals surface area (Å²) in [5, 5.41) is 5.92. The fourth-order valence-electron chi connectivity index (χ4n) is 2.70. The smallest absolute Gasteiger partial charge is 0.0118 e. The van der Waals surface area contributed by atoms with Gasteiger partial charge in [0.25, 0.3) is 0 Å². The SMILES string of the molecule is CC1(C)CCCCC1NCCc1cccs1. The molecule has 0 saturated heterocycles. The molecular formula is C14H23NS. The lowest BCUT2D eigenvalue weighted by atomic mass is 9.73. The third-order valence-electron chi connectivity index (χ3n) is 3.85. The van der Waals surface area contributed by atoms with Crippen LogP contribution in [0.3, 0.4) is 0 Å². The van der Waals surface area contributed by atoms with Gasteiger partial charge < -0.3 is 5.32 Å². The first-order valence-corrected chi connectivity index (χ1v) is 7.32. The summed E-state index contributed by atoms with van der Waals surface area (Å²) in [6, 6.07) is 5.10. The van der Waals surface area contributed by atoms with E-state index in [0.717, 1.165) is 12.6 Å². The van der Waals surface area contributed by atoms with E-state index in [1.165, 1.54) is 37.0 Å². The number of rotatable bonds is 4. The highest BCUT2D eigenvalue weighted by Gasteiger charge is 2.31.